The lowest BCUT2D eigenvalue weighted by molar-refractivity contribution is 0.101. The Morgan fingerprint density at radius 1 is 0.816 bits per heavy atom. The minimum atomic E-state index is -3.96. The summed E-state index contributed by atoms with van der Waals surface area (Å²) in [7, 11) is -0.807. The van der Waals surface area contributed by atoms with Gasteiger partial charge in [0.05, 0.1) is 19.2 Å². The predicted octanol–water partition coefficient (Wildman–Crippen LogP) is 6.80. The number of rotatable bonds is 11. The number of Topliss-reactive ketones (excluding diaryl/α,β-unsaturated/α-hetero) is 1. The van der Waals surface area contributed by atoms with Gasteiger partial charge in [-0.25, -0.2) is 8.42 Å². The second-order valence-electron chi connectivity index (χ2n) is 8.35. The molecule has 0 unspecified atom stereocenters. The van der Waals surface area contributed by atoms with Crippen LogP contribution in [0.2, 0.25) is 5.02 Å². The molecule has 10 heteroatoms. The van der Waals surface area contributed by atoms with Crippen LogP contribution in [0.25, 0.3) is 0 Å². The van der Waals surface area contributed by atoms with Gasteiger partial charge in [-0.15, -0.1) is 0 Å². The Kier molecular flexibility index (Phi) is 8.73. The highest BCUT2D eigenvalue weighted by molar-refractivity contribution is 7.91. The number of halogens is 1. The molecule has 0 saturated carbocycles. The number of hydrogen-bond acceptors (Lipinski definition) is 7. The zero-order valence-electron chi connectivity index (χ0n) is 21.0. The van der Waals surface area contributed by atoms with E-state index >= 15 is 0 Å². The number of thiophene rings is 1. The highest BCUT2D eigenvalue weighted by Gasteiger charge is 2.29. The summed E-state index contributed by atoms with van der Waals surface area (Å²) in [5, 5.41) is 0.424. The second kappa shape index (κ2) is 12.0. The fraction of sp³-hybridized carbons (Fsp3) is 0.179. The average Bonchev–Trinajstić information content (AvgIpc) is 3.30. The molecule has 0 bridgehead atoms. The standard InChI is InChI=1S/C28H26ClNO6S2/c1-19(31)22-8-14-25(15-9-22)36-28-26(29)16-27(37-28)38(32,33)30(17-20-4-10-23(34-2)11-5-20)18-21-6-12-24(35-3)13-7-21/h4-16H,17-18H2,1-3H3. The van der Waals surface area contributed by atoms with E-state index in [1.54, 1.807) is 62.8 Å². The van der Waals surface area contributed by atoms with Crippen LogP contribution in [0.15, 0.2) is 83.1 Å². The molecule has 1 aromatic heterocycles. The van der Waals surface area contributed by atoms with Crippen LogP contribution in [0.4, 0.5) is 0 Å². The molecule has 0 fully saturated rings. The van der Waals surface area contributed by atoms with E-state index in [2.05, 4.69) is 0 Å². The zero-order valence-corrected chi connectivity index (χ0v) is 23.4. The lowest BCUT2D eigenvalue weighted by Gasteiger charge is -2.22. The first-order chi connectivity index (χ1) is 18.2. The summed E-state index contributed by atoms with van der Waals surface area (Å²) in [5.41, 5.74) is 2.14. The zero-order chi connectivity index (χ0) is 27.3. The number of ether oxygens (including phenoxy) is 3. The molecule has 0 saturated heterocycles. The third-order valence-corrected chi connectivity index (χ3v) is 9.38. The summed E-state index contributed by atoms with van der Waals surface area (Å²) in [6, 6.07) is 22.4. The quantitative estimate of drug-likeness (QED) is 0.184. The smallest absolute Gasteiger partial charge is 0.253 e. The van der Waals surface area contributed by atoms with E-state index in [4.69, 9.17) is 25.8 Å². The SMILES string of the molecule is COc1ccc(CN(Cc2ccc(OC)cc2)S(=O)(=O)c2cc(Cl)c(Oc3ccc(C(C)=O)cc3)s2)cc1. The Hall–Kier alpha value is -3.37. The topological polar surface area (TPSA) is 82.1 Å². The molecule has 4 rings (SSSR count). The van der Waals surface area contributed by atoms with E-state index in [9.17, 15) is 13.2 Å². The number of ketones is 1. The maximum absolute atomic E-state index is 13.9. The van der Waals surface area contributed by atoms with Crippen LogP contribution < -0.4 is 14.2 Å². The Bertz CT molecular complexity index is 1450. The fourth-order valence-corrected chi connectivity index (χ4v) is 6.79. The van der Waals surface area contributed by atoms with Crippen molar-refractivity contribution in [3.8, 4) is 22.3 Å². The molecule has 0 aliphatic heterocycles. The van der Waals surface area contributed by atoms with E-state index in [1.165, 1.54) is 17.3 Å². The van der Waals surface area contributed by atoms with Crippen molar-refractivity contribution in [3.63, 3.8) is 0 Å². The molecule has 0 aliphatic carbocycles. The molecule has 0 atom stereocenters. The van der Waals surface area contributed by atoms with E-state index < -0.39 is 10.0 Å². The lowest BCUT2D eigenvalue weighted by Crippen LogP contribution is -2.29. The maximum Gasteiger partial charge on any atom is 0.253 e. The molecule has 0 aliphatic rings. The number of nitrogens with zero attached hydrogens (tertiary/aromatic N) is 1. The van der Waals surface area contributed by atoms with Crippen molar-refractivity contribution in [2.24, 2.45) is 0 Å². The molecule has 0 spiro atoms. The van der Waals surface area contributed by atoms with Gasteiger partial charge in [0, 0.05) is 18.7 Å². The Morgan fingerprint density at radius 3 is 1.74 bits per heavy atom. The summed E-state index contributed by atoms with van der Waals surface area (Å²) in [6.45, 7) is 1.75. The number of benzene rings is 3. The van der Waals surface area contributed by atoms with E-state index in [0.717, 1.165) is 22.5 Å². The van der Waals surface area contributed by atoms with Gasteiger partial charge in [-0.2, -0.15) is 4.31 Å². The molecule has 0 radical (unpaired) electrons. The first-order valence-corrected chi connectivity index (χ1v) is 14.2. The van der Waals surface area contributed by atoms with Crippen molar-refractivity contribution in [1.82, 2.24) is 4.31 Å². The van der Waals surface area contributed by atoms with Gasteiger partial charge in [0.2, 0.25) is 5.06 Å². The molecule has 3 aromatic carbocycles. The van der Waals surface area contributed by atoms with Crippen LogP contribution in [-0.2, 0) is 23.1 Å². The normalized spacial score (nSPS) is 11.4. The summed E-state index contributed by atoms with van der Waals surface area (Å²) in [4.78, 5) is 11.5. The van der Waals surface area contributed by atoms with Crippen molar-refractivity contribution in [2.75, 3.05) is 14.2 Å². The van der Waals surface area contributed by atoms with Gasteiger partial charge in [0.1, 0.15) is 21.5 Å². The van der Waals surface area contributed by atoms with Crippen LogP contribution in [0.5, 0.6) is 22.3 Å². The molecule has 0 N–H and O–H groups in total. The summed E-state index contributed by atoms with van der Waals surface area (Å²) in [5.74, 6) is 1.74. The van der Waals surface area contributed by atoms with Crippen molar-refractivity contribution >= 4 is 38.7 Å². The van der Waals surface area contributed by atoms with Crippen LogP contribution >= 0.6 is 22.9 Å². The summed E-state index contributed by atoms with van der Waals surface area (Å²) in [6.07, 6.45) is 0. The number of sulfonamides is 1. The summed E-state index contributed by atoms with van der Waals surface area (Å²) >= 11 is 7.34. The van der Waals surface area contributed by atoms with Gasteiger partial charge in [-0.3, -0.25) is 4.79 Å². The van der Waals surface area contributed by atoms with Gasteiger partial charge >= 0.3 is 0 Å². The van der Waals surface area contributed by atoms with E-state index in [-0.39, 0.29) is 33.2 Å². The summed E-state index contributed by atoms with van der Waals surface area (Å²) < 4.78 is 45.5. The van der Waals surface area contributed by atoms with E-state index in [0.29, 0.717) is 22.8 Å². The molecular formula is C28H26ClNO6S2. The molecular weight excluding hydrogens is 546 g/mol. The van der Waals surface area contributed by atoms with Crippen molar-refractivity contribution in [3.05, 3.63) is 101 Å². The number of carbonyl (C=O) groups is 1. The molecule has 0 amide bonds. The van der Waals surface area contributed by atoms with Crippen LogP contribution in [0.1, 0.15) is 28.4 Å². The number of hydrogen-bond donors (Lipinski definition) is 0. The minimum absolute atomic E-state index is 0.0554. The van der Waals surface area contributed by atoms with Crippen molar-refractivity contribution in [2.45, 2.75) is 24.2 Å². The van der Waals surface area contributed by atoms with Gasteiger partial charge in [-0.1, -0.05) is 47.2 Å². The molecule has 7 nitrogen and oxygen atoms in total. The number of carbonyl (C=O) groups excluding carboxylic acids is 1. The third kappa shape index (κ3) is 6.54. The van der Waals surface area contributed by atoms with Crippen LogP contribution in [0.3, 0.4) is 0 Å². The Labute approximate surface area is 231 Å². The monoisotopic (exact) mass is 571 g/mol. The Morgan fingerprint density at radius 2 is 1.29 bits per heavy atom. The highest BCUT2D eigenvalue weighted by Crippen LogP contribution is 2.41. The predicted molar refractivity (Wildman–Crippen MR) is 148 cm³/mol. The molecule has 198 valence electrons. The largest absolute Gasteiger partial charge is 0.497 e. The highest BCUT2D eigenvalue weighted by atomic mass is 35.5. The number of methoxy groups -OCH3 is 2. The van der Waals surface area contributed by atoms with Crippen LogP contribution in [-0.4, -0.2) is 32.7 Å². The van der Waals surface area contributed by atoms with Crippen molar-refractivity contribution < 1.29 is 27.4 Å². The molecule has 38 heavy (non-hydrogen) atoms. The van der Waals surface area contributed by atoms with Gasteiger partial charge < -0.3 is 14.2 Å². The van der Waals surface area contributed by atoms with Crippen LogP contribution in [0, 0.1) is 0 Å². The van der Waals surface area contributed by atoms with Gasteiger partial charge in [0.15, 0.2) is 5.78 Å². The lowest BCUT2D eigenvalue weighted by atomic mass is 10.1. The van der Waals surface area contributed by atoms with Gasteiger partial charge in [0.25, 0.3) is 10.0 Å². The third-order valence-electron chi connectivity index (χ3n) is 5.73. The molecule has 1 heterocycles. The fourth-order valence-electron chi connectivity index (χ4n) is 3.62. The Balaban J connectivity index is 1.63. The van der Waals surface area contributed by atoms with Gasteiger partial charge in [-0.05, 0) is 72.6 Å². The minimum Gasteiger partial charge on any atom is -0.497 e. The first kappa shape index (κ1) is 27.7. The first-order valence-electron chi connectivity index (χ1n) is 11.5. The average molecular weight is 572 g/mol. The maximum atomic E-state index is 13.9. The molecule has 4 aromatic rings. The second-order valence-corrected chi connectivity index (χ2v) is 11.9. The van der Waals surface area contributed by atoms with Crippen molar-refractivity contribution in [1.29, 1.82) is 0 Å². The van der Waals surface area contributed by atoms with E-state index in [1.807, 2.05) is 24.3 Å².